The lowest BCUT2D eigenvalue weighted by Crippen LogP contribution is -2.09. The minimum absolute atomic E-state index is 0.0865. The van der Waals surface area contributed by atoms with Gasteiger partial charge in [0.25, 0.3) is 0 Å². The van der Waals surface area contributed by atoms with Crippen LogP contribution in [0.4, 0.5) is 5.69 Å². The zero-order valence-electron chi connectivity index (χ0n) is 16.6. The second-order valence-electron chi connectivity index (χ2n) is 7.45. The van der Waals surface area contributed by atoms with E-state index in [0.717, 1.165) is 33.7 Å². The standard InChI is InChI=1S/C23H19N5O2/c1-28(2)17-7-4-15(5-8-17)22(29)12-14-3-9-18-20(11-14)25-23(24-18)16-6-10-19-21(13-16)27-30-26-19/h3-11,13H,12H2,1-2H3,(H,24,25). The Morgan fingerprint density at radius 1 is 0.933 bits per heavy atom. The molecule has 0 aliphatic heterocycles. The molecule has 0 fully saturated rings. The first-order valence-electron chi connectivity index (χ1n) is 9.59. The third-order valence-electron chi connectivity index (χ3n) is 5.14. The van der Waals surface area contributed by atoms with Gasteiger partial charge in [-0.05, 0) is 70.5 Å². The Kier molecular flexibility index (Phi) is 4.28. The number of nitrogens with zero attached hydrogens (tertiary/aromatic N) is 4. The molecule has 0 bridgehead atoms. The van der Waals surface area contributed by atoms with E-state index in [4.69, 9.17) is 4.63 Å². The van der Waals surface area contributed by atoms with Gasteiger partial charge in [-0.15, -0.1) is 0 Å². The molecule has 7 nitrogen and oxygen atoms in total. The summed E-state index contributed by atoms with van der Waals surface area (Å²) in [5, 5.41) is 7.70. The summed E-state index contributed by atoms with van der Waals surface area (Å²) in [7, 11) is 3.96. The molecule has 0 saturated heterocycles. The molecule has 0 atom stereocenters. The van der Waals surface area contributed by atoms with Gasteiger partial charge in [0.1, 0.15) is 16.9 Å². The van der Waals surface area contributed by atoms with Gasteiger partial charge in [-0.2, -0.15) is 0 Å². The number of fused-ring (bicyclic) bond motifs is 2. The molecular weight excluding hydrogens is 378 g/mol. The van der Waals surface area contributed by atoms with Crippen LogP contribution in [0.25, 0.3) is 33.5 Å². The highest BCUT2D eigenvalue weighted by atomic mass is 16.6. The molecule has 0 radical (unpaired) electrons. The van der Waals surface area contributed by atoms with E-state index in [1.54, 1.807) is 0 Å². The van der Waals surface area contributed by atoms with Crippen LogP contribution in [-0.2, 0) is 6.42 Å². The summed E-state index contributed by atoms with van der Waals surface area (Å²) in [5.74, 6) is 0.820. The van der Waals surface area contributed by atoms with Crippen molar-refractivity contribution in [1.82, 2.24) is 20.3 Å². The molecule has 3 aromatic carbocycles. The molecule has 5 rings (SSSR count). The number of anilines is 1. The van der Waals surface area contributed by atoms with Crippen molar-refractivity contribution in [3.05, 3.63) is 71.8 Å². The largest absolute Gasteiger partial charge is 0.378 e. The molecule has 0 aliphatic carbocycles. The Hall–Kier alpha value is -4.00. The first kappa shape index (κ1) is 18.1. The third kappa shape index (κ3) is 3.30. The summed E-state index contributed by atoms with van der Waals surface area (Å²) in [6.07, 6.45) is 0.335. The van der Waals surface area contributed by atoms with Crippen LogP contribution in [0.2, 0.25) is 0 Å². The first-order valence-corrected chi connectivity index (χ1v) is 9.59. The van der Waals surface area contributed by atoms with Crippen molar-refractivity contribution in [3.8, 4) is 11.4 Å². The van der Waals surface area contributed by atoms with Gasteiger partial charge in [0.15, 0.2) is 5.78 Å². The highest BCUT2D eigenvalue weighted by Crippen LogP contribution is 2.24. The van der Waals surface area contributed by atoms with Gasteiger partial charge in [0, 0.05) is 37.3 Å². The molecule has 0 saturated carbocycles. The monoisotopic (exact) mass is 397 g/mol. The maximum atomic E-state index is 12.7. The molecular formula is C23H19N5O2. The van der Waals surface area contributed by atoms with E-state index in [0.29, 0.717) is 23.0 Å². The maximum absolute atomic E-state index is 12.7. The SMILES string of the molecule is CN(C)c1ccc(C(=O)Cc2ccc3nc(-c4ccc5nonc5c4)[nH]c3c2)cc1. The highest BCUT2D eigenvalue weighted by Gasteiger charge is 2.11. The third-order valence-corrected chi connectivity index (χ3v) is 5.14. The van der Waals surface area contributed by atoms with Crippen LogP contribution < -0.4 is 4.90 Å². The minimum atomic E-state index is 0.0865. The van der Waals surface area contributed by atoms with Gasteiger partial charge in [-0.1, -0.05) is 6.07 Å². The predicted octanol–water partition coefficient (Wildman–Crippen LogP) is 4.26. The molecule has 0 unspecified atom stereocenters. The smallest absolute Gasteiger partial charge is 0.167 e. The van der Waals surface area contributed by atoms with Crippen LogP contribution in [0.3, 0.4) is 0 Å². The van der Waals surface area contributed by atoms with Gasteiger partial charge in [0.2, 0.25) is 0 Å². The number of hydrogen-bond acceptors (Lipinski definition) is 6. The van der Waals surface area contributed by atoms with Crippen molar-refractivity contribution in [1.29, 1.82) is 0 Å². The fraction of sp³-hybridized carbons (Fsp3) is 0.130. The predicted molar refractivity (Wildman–Crippen MR) is 116 cm³/mol. The van der Waals surface area contributed by atoms with Crippen LogP contribution in [0.15, 0.2) is 65.3 Å². The van der Waals surface area contributed by atoms with E-state index in [1.165, 1.54) is 0 Å². The molecule has 7 heteroatoms. The van der Waals surface area contributed by atoms with Crippen molar-refractivity contribution >= 4 is 33.5 Å². The lowest BCUT2D eigenvalue weighted by atomic mass is 10.0. The van der Waals surface area contributed by atoms with Gasteiger partial charge < -0.3 is 9.88 Å². The van der Waals surface area contributed by atoms with Crippen LogP contribution in [0, 0.1) is 0 Å². The number of benzene rings is 3. The van der Waals surface area contributed by atoms with Gasteiger partial charge in [-0.3, -0.25) is 4.79 Å². The Labute approximate surface area is 172 Å². The van der Waals surface area contributed by atoms with Crippen molar-refractivity contribution in [2.75, 3.05) is 19.0 Å². The van der Waals surface area contributed by atoms with Crippen molar-refractivity contribution < 1.29 is 9.42 Å². The van der Waals surface area contributed by atoms with Gasteiger partial charge in [0.05, 0.1) is 11.0 Å². The second-order valence-corrected chi connectivity index (χ2v) is 7.45. The number of Topliss-reactive ketones (excluding diaryl/α,β-unsaturated/α-hetero) is 1. The van der Waals surface area contributed by atoms with E-state index < -0.39 is 0 Å². The Morgan fingerprint density at radius 2 is 1.70 bits per heavy atom. The summed E-state index contributed by atoms with van der Waals surface area (Å²) < 4.78 is 4.76. The molecule has 2 aromatic heterocycles. The molecule has 30 heavy (non-hydrogen) atoms. The number of aromatic nitrogens is 4. The number of hydrogen-bond donors (Lipinski definition) is 1. The summed E-state index contributed by atoms with van der Waals surface area (Å²) in [5.41, 5.74) is 6.72. The van der Waals surface area contributed by atoms with Gasteiger partial charge in [-0.25, -0.2) is 9.61 Å². The topological polar surface area (TPSA) is 87.9 Å². The molecule has 0 amide bonds. The molecule has 0 spiro atoms. The number of carbonyl (C=O) groups is 1. The fourth-order valence-corrected chi connectivity index (χ4v) is 3.47. The van der Waals surface area contributed by atoms with E-state index >= 15 is 0 Å². The van der Waals surface area contributed by atoms with E-state index in [1.807, 2.05) is 79.7 Å². The van der Waals surface area contributed by atoms with Gasteiger partial charge >= 0.3 is 0 Å². The van der Waals surface area contributed by atoms with Crippen molar-refractivity contribution in [2.45, 2.75) is 6.42 Å². The summed E-state index contributed by atoms with van der Waals surface area (Å²) in [6.45, 7) is 0. The van der Waals surface area contributed by atoms with Crippen molar-refractivity contribution in [3.63, 3.8) is 0 Å². The first-order chi connectivity index (χ1) is 14.6. The average Bonchev–Trinajstić information content (AvgIpc) is 3.39. The molecule has 148 valence electrons. The van der Waals surface area contributed by atoms with Crippen LogP contribution in [-0.4, -0.2) is 40.2 Å². The number of imidazole rings is 1. The normalized spacial score (nSPS) is 11.3. The van der Waals surface area contributed by atoms with Crippen molar-refractivity contribution in [2.24, 2.45) is 0 Å². The number of nitrogens with one attached hydrogen (secondary N) is 1. The molecule has 5 aromatic rings. The Morgan fingerprint density at radius 3 is 2.50 bits per heavy atom. The highest BCUT2D eigenvalue weighted by molar-refractivity contribution is 5.98. The fourth-order valence-electron chi connectivity index (χ4n) is 3.47. The van der Waals surface area contributed by atoms with Crippen LogP contribution >= 0.6 is 0 Å². The molecule has 2 heterocycles. The zero-order chi connectivity index (χ0) is 20.7. The Bertz CT molecular complexity index is 1370. The number of rotatable bonds is 5. The van der Waals surface area contributed by atoms with E-state index in [-0.39, 0.29) is 5.78 Å². The maximum Gasteiger partial charge on any atom is 0.167 e. The second kappa shape index (κ2) is 7.11. The van der Waals surface area contributed by atoms with Crippen LogP contribution in [0.5, 0.6) is 0 Å². The quantitative estimate of drug-likeness (QED) is 0.446. The minimum Gasteiger partial charge on any atom is -0.378 e. The number of ketones is 1. The Balaban J connectivity index is 1.40. The lowest BCUT2D eigenvalue weighted by molar-refractivity contribution is 0.0993. The summed E-state index contributed by atoms with van der Waals surface area (Å²) >= 11 is 0. The number of aromatic amines is 1. The molecule has 1 N–H and O–H groups in total. The summed E-state index contributed by atoms with van der Waals surface area (Å²) in [6, 6.07) is 19.2. The average molecular weight is 397 g/mol. The number of H-pyrrole nitrogens is 1. The lowest BCUT2D eigenvalue weighted by Gasteiger charge is -2.12. The number of carbonyl (C=O) groups excluding carboxylic acids is 1. The molecule has 0 aliphatic rings. The summed E-state index contributed by atoms with van der Waals surface area (Å²) in [4.78, 5) is 22.7. The van der Waals surface area contributed by atoms with Crippen LogP contribution in [0.1, 0.15) is 15.9 Å². The zero-order valence-corrected chi connectivity index (χ0v) is 16.6. The van der Waals surface area contributed by atoms with E-state index in [2.05, 4.69) is 20.3 Å². The van der Waals surface area contributed by atoms with E-state index in [9.17, 15) is 4.79 Å².